The second-order valence-corrected chi connectivity index (χ2v) is 8.04. The van der Waals surface area contributed by atoms with Crippen LogP contribution >= 0.6 is 0 Å². The topological polar surface area (TPSA) is 44.7 Å². The molecule has 1 aliphatic rings. The number of likely N-dealkylation sites (N-methyl/N-ethyl adjacent to an activating group) is 1. The Hall–Kier alpha value is -1.95. The predicted molar refractivity (Wildman–Crippen MR) is 114 cm³/mol. The van der Waals surface area contributed by atoms with Gasteiger partial charge in [0.1, 0.15) is 24.3 Å². The molecule has 0 unspecified atom stereocenters. The molecule has 1 saturated carbocycles. The molecule has 3 rings (SSSR count). The summed E-state index contributed by atoms with van der Waals surface area (Å²) in [5, 5.41) is 13.6. The van der Waals surface area contributed by atoms with Crippen LogP contribution in [0.3, 0.4) is 0 Å². The highest BCUT2D eigenvalue weighted by Gasteiger charge is 2.20. The van der Waals surface area contributed by atoms with E-state index in [4.69, 9.17) is 4.74 Å². The molecule has 29 heavy (non-hydrogen) atoms. The number of aliphatic hydroxyl groups excluding tert-OH is 1. The normalized spacial score (nSPS) is 16.1. The molecule has 0 heterocycles. The molecular weight excluding hydrogens is 367 g/mol. The standard InChI is InChI=1S/C24H33FN2O2/c1-27(21-10-3-2-4-11-21)17-22(28)18-29-23-12-7-8-19(14-23)15-26-16-20-9-5-6-13-24(20)25/h5-9,12-14,21-22,26,28H,2-4,10-11,15-18H2,1H3/t22-/m0/s1. The van der Waals surface area contributed by atoms with Crippen molar-refractivity contribution in [3.8, 4) is 5.75 Å². The Labute approximate surface area is 173 Å². The third kappa shape index (κ3) is 7.11. The van der Waals surface area contributed by atoms with Gasteiger partial charge in [-0.2, -0.15) is 0 Å². The Morgan fingerprint density at radius 1 is 1.10 bits per heavy atom. The Morgan fingerprint density at radius 3 is 2.69 bits per heavy atom. The largest absolute Gasteiger partial charge is 0.491 e. The average Bonchev–Trinajstić information content (AvgIpc) is 2.74. The summed E-state index contributed by atoms with van der Waals surface area (Å²) < 4.78 is 19.5. The van der Waals surface area contributed by atoms with Gasteiger partial charge in [-0.3, -0.25) is 0 Å². The number of ether oxygens (including phenoxy) is 1. The summed E-state index contributed by atoms with van der Waals surface area (Å²) in [5.41, 5.74) is 1.72. The van der Waals surface area contributed by atoms with Gasteiger partial charge in [0.05, 0.1) is 0 Å². The van der Waals surface area contributed by atoms with Gasteiger partial charge in [0, 0.05) is 31.2 Å². The number of halogens is 1. The van der Waals surface area contributed by atoms with Gasteiger partial charge in [0.25, 0.3) is 0 Å². The van der Waals surface area contributed by atoms with Crippen molar-refractivity contribution in [2.24, 2.45) is 0 Å². The lowest BCUT2D eigenvalue weighted by Gasteiger charge is -2.32. The molecule has 2 N–H and O–H groups in total. The first kappa shape index (κ1) is 21.8. The molecule has 0 aromatic heterocycles. The molecule has 0 aliphatic heterocycles. The second kappa shape index (κ2) is 11.3. The van der Waals surface area contributed by atoms with Gasteiger partial charge in [0.15, 0.2) is 0 Å². The van der Waals surface area contributed by atoms with E-state index in [1.807, 2.05) is 30.3 Å². The van der Waals surface area contributed by atoms with Crippen LogP contribution in [0.2, 0.25) is 0 Å². The highest BCUT2D eigenvalue weighted by molar-refractivity contribution is 5.28. The van der Waals surface area contributed by atoms with E-state index < -0.39 is 6.10 Å². The van der Waals surface area contributed by atoms with Crippen LogP contribution in [-0.4, -0.2) is 42.4 Å². The van der Waals surface area contributed by atoms with E-state index >= 15 is 0 Å². The molecular formula is C24H33FN2O2. The third-order valence-electron chi connectivity index (χ3n) is 5.64. The number of rotatable bonds is 10. The van der Waals surface area contributed by atoms with Gasteiger partial charge in [0.2, 0.25) is 0 Å². The van der Waals surface area contributed by atoms with Crippen LogP contribution in [0.5, 0.6) is 5.75 Å². The van der Waals surface area contributed by atoms with E-state index in [9.17, 15) is 9.50 Å². The maximum atomic E-state index is 13.7. The van der Waals surface area contributed by atoms with Crippen molar-refractivity contribution in [2.75, 3.05) is 20.2 Å². The SMILES string of the molecule is CN(C[C@H](O)COc1cccc(CNCc2ccccc2F)c1)C1CCCCC1. The van der Waals surface area contributed by atoms with Crippen LogP contribution in [-0.2, 0) is 13.1 Å². The summed E-state index contributed by atoms with van der Waals surface area (Å²) in [5.74, 6) is 0.554. The number of benzene rings is 2. The summed E-state index contributed by atoms with van der Waals surface area (Å²) in [6.07, 6.45) is 5.86. The van der Waals surface area contributed by atoms with E-state index in [-0.39, 0.29) is 12.4 Å². The second-order valence-electron chi connectivity index (χ2n) is 8.04. The summed E-state index contributed by atoms with van der Waals surface area (Å²) in [4.78, 5) is 2.27. The van der Waals surface area contributed by atoms with Crippen molar-refractivity contribution < 1.29 is 14.2 Å². The van der Waals surface area contributed by atoms with Crippen molar-refractivity contribution in [2.45, 2.75) is 57.3 Å². The lowest BCUT2D eigenvalue weighted by molar-refractivity contribution is 0.0561. The number of aliphatic hydroxyl groups is 1. The molecule has 1 fully saturated rings. The molecule has 4 nitrogen and oxygen atoms in total. The molecule has 0 spiro atoms. The van der Waals surface area contributed by atoms with E-state index in [1.165, 1.54) is 38.2 Å². The minimum absolute atomic E-state index is 0.190. The van der Waals surface area contributed by atoms with E-state index in [0.717, 1.165) is 11.3 Å². The molecule has 2 aromatic carbocycles. The first-order valence-electron chi connectivity index (χ1n) is 10.7. The van der Waals surface area contributed by atoms with Crippen LogP contribution in [0.15, 0.2) is 48.5 Å². The van der Waals surface area contributed by atoms with Gasteiger partial charge in [-0.25, -0.2) is 4.39 Å². The quantitative estimate of drug-likeness (QED) is 0.630. The minimum atomic E-state index is -0.509. The van der Waals surface area contributed by atoms with E-state index in [0.29, 0.717) is 31.2 Å². The van der Waals surface area contributed by atoms with Crippen LogP contribution in [0, 0.1) is 5.82 Å². The van der Waals surface area contributed by atoms with Crippen molar-refractivity contribution in [3.63, 3.8) is 0 Å². The highest BCUT2D eigenvalue weighted by Crippen LogP contribution is 2.22. The molecule has 5 heteroatoms. The minimum Gasteiger partial charge on any atom is -0.491 e. The molecule has 158 valence electrons. The molecule has 0 saturated heterocycles. The molecule has 0 radical (unpaired) electrons. The van der Waals surface area contributed by atoms with Gasteiger partial charge in [-0.05, 0) is 43.7 Å². The summed E-state index contributed by atoms with van der Waals surface area (Å²) in [6.45, 7) is 2.01. The predicted octanol–water partition coefficient (Wildman–Crippen LogP) is 4.12. The third-order valence-corrected chi connectivity index (χ3v) is 5.64. The monoisotopic (exact) mass is 400 g/mol. The zero-order chi connectivity index (χ0) is 20.5. The Balaban J connectivity index is 1.41. The Morgan fingerprint density at radius 2 is 1.90 bits per heavy atom. The van der Waals surface area contributed by atoms with E-state index in [2.05, 4.69) is 17.3 Å². The lowest BCUT2D eigenvalue weighted by Crippen LogP contribution is -2.40. The maximum Gasteiger partial charge on any atom is 0.127 e. The smallest absolute Gasteiger partial charge is 0.127 e. The van der Waals surface area contributed by atoms with E-state index in [1.54, 1.807) is 12.1 Å². The van der Waals surface area contributed by atoms with Crippen LogP contribution in [0.1, 0.15) is 43.2 Å². The Bertz CT molecular complexity index is 749. The molecule has 0 bridgehead atoms. The van der Waals surface area contributed by atoms with Crippen molar-refractivity contribution in [3.05, 3.63) is 65.5 Å². The van der Waals surface area contributed by atoms with Crippen molar-refractivity contribution in [1.29, 1.82) is 0 Å². The fourth-order valence-electron chi connectivity index (χ4n) is 3.98. The highest BCUT2D eigenvalue weighted by atomic mass is 19.1. The zero-order valence-corrected chi connectivity index (χ0v) is 17.3. The first-order chi connectivity index (χ1) is 14.1. The number of nitrogens with one attached hydrogen (secondary N) is 1. The fraction of sp³-hybridized carbons (Fsp3) is 0.500. The Kier molecular flexibility index (Phi) is 8.47. The van der Waals surface area contributed by atoms with Crippen LogP contribution in [0.4, 0.5) is 4.39 Å². The summed E-state index contributed by atoms with van der Waals surface area (Å²) in [7, 11) is 2.10. The zero-order valence-electron chi connectivity index (χ0n) is 17.3. The van der Waals surface area contributed by atoms with Gasteiger partial charge in [-0.15, -0.1) is 0 Å². The summed E-state index contributed by atoms with van der Waals surface area (Å²) >= 11 is 0. The maximum absolute atomic E-state index is 13.7. The van der Waals surface area contributed by atoms with Gasteiger partial charge >= 0.3 is 0 Å². The van der Waals surface area contributed by atoms with Crippen molar-refractivity contribution >= 4 is 0 Å². The van der Waals surface area contributed by atoms with Crippen LogP contribution < -0.4 is 10.1 Å². The van der Waals surface area contributed by atoms with Crippen LogP contribution in [0.25, 0.3) is 0 Å². The molecule has 1 atom stereocenters. The molecule has 1 aliphatic carbocycles. The number of hydrogen-bond acceptors (Lipinski definition) is 4. The fourth-order valence-corrected chi connectivity index (χ4v) is 3.98. The van der Waals surface area contributed by atoms with Crippen molar-refractivity contribution in [1.82, 2.24) is 10.2 Å². The van der Waals surface area contributed by atoms with Gasteiger partial charge < -0.3 is 20.1 Å². The number of hydrogen-bond donors (Lipinski definition) is 2. The first-order valence-corrected chi connectivity index (χ1v) is 10.7. The molecule has 2 aromatic rings. The lowest BCUT2D eigenvalue weighted by atomic mass is 9.94. The number of nitrogens with zero attached hydrogens (tertiary/aromatic N) is 1. The summed E-state index contributed by atoms with van der Waals surface area (Å²) in [6, 6.07) is 15.2. The molecule has 0 amide bonds. The average molecular weight is 401 g/mol. The van der Waals surface area contributed by atoms with Gasteiger partial charge in [-0.1, -0.05) is 49.6 Å².